The van der Waals surface area contributed by atoms with Crippen molar-refractivity contribution in [2.45, 2.75) is 59.0 Å². The van der Waals surface area contributed by atoms with E-state index in [0.717, 1.165) is 19.4 Å². The predicted molar refractivity (Wildman–Crippen MR) is 62.7 cm³/mol. The smallest absolute Gasteiger partial charge is 0.221 e. The van der Waals surface area contributed by atoms with Gasteiger partial charge in [-0.3, -0.25) is 4.79 Å². The summed E-state index contributed by atoms with van der Waals surface area (Å²) in [7, 11) is 0. The molecule has 1 aliphatic carbocycles. The first kappa shape index (κ1) is 12.5. The van der Waals surface area contributed by atoms with Crippen molar-refractivity contribution in [2.75, 3.05) is 6.54 Å². The van der Waals surface area contributed by atoms with Crippen molar-refractivity contribution >= 4 is 5.91 Å². The molecule has 2 N–H and O–H groups in total. The number of carbonyl (C=O) groups is 1. The maximum atomic E-state index is 11.4. The van der Waals surface area contributed by atoms with Crippen LogP contribution in [0.25, 0.3) is 0 Å². The van der Waals surface area contributed by atoms with Crippen LogP contribution >= 0.6 is 0 Å². The molecule has 0 spiro atoms. The molecule has 1 fully saturated rings. The molecule has 1 unspecified atom stereocenters. The van der Waals surface area contributed by atoms with Crippen molar-refractivity contribution in [1.82, 2.24) is 10.6 Å². The maximum absolute atomic E-state index is 11.4. The van der Waals surface area contributed by atoms with E-state index in [1.54, 1.807) is 0 Å². The van der Waals surface area contributed by atoms with Crippen LogP contribution in [0.5, 0.6) is 0 Å². The van der Waals surface area contributed by atoms with Crippen molar-refractivity contribution in [2.24, 2.45) is 5.41 Å². The first-order valence-electron chi connectivity index (χ1n) is 5.92. The van der Waals surface area contributed by atoms with Gasteiger partial charge in [0.2, 0.25) is 5.91 Å². The third-order valence-corrected chi connectivity index (χ3v) is 3.04. The summed E-state index contributed by atoms with van der Waals surface area (Å²) in [6.45, 7) is 9.55. The van der Waals surface area contributed by atoms with Crippen LogP contribution in [0.1, 0.15) is 47.0 Å². The Labute approximate surface area is 93.0 Å². The van der Waals surface area contributed by atoms with Crippen molar-refractivity contribution in [3.8, 4) is 0 Å². The largest absolute Gasteiger partial charge is 0.353 e. The molecule has 0 aromatic heterocycles. The fraction of sp³-hybridized carbons (Fsp3) is 0.917. The van der Waals surface area contributed by atoms with Crippen LogP contribution < -0.4 is 10.6 Å². The zero-order chi connectivity index (χ0) is 11.5. The van der Waals surface area contributed by atoms with E-state index in [1.807, 2.05) is 0 Å². The van der Waals surface area contributed by atoms with Crippen LogP contribution in [0.3, 0.4) is 0 Å². The molecule has 0 heterocycles. The molecule has 3 heteroatoms. The lowest BCUT2D eigenvalue weighted by Crippen LogP contribution is -2.39. The summed E-state index contributed by atoms with van der Waals surface area (Å²) in [6.07, 6.45) is 2.92. The molecule has 1 amide bonds. The second-order valence-corrected chi connectivity index (χ2v) is 5.63. The van der Waals surface area contributed by atoms with Gasteiger partial charge in [0, 0.05) is 25.0 Å². The summed E-state index contributed by atoms with van der Waals surface area (Å²) in [5.74, 6) is 0.186. The van der Waals surface area contributed by atoms with Crippen molar-refractivity contribution in [3.63, 3.8) is 0 Å². The number of hydrogen-bond donors (Lipinski definition) is 2. The zero-order valence-corrected chi connectivity index (χ0v) is 10.4. The van der Waals surface area contributed by atoms with E-state index >= 15 is 0 Å². The predicted octanol–water partition coefficient (Wildman–Crippen LogP) is 1.68. The van der Waals surface area contributed by atoms with Crippen molar-refractivity contribution in [1.29, 1.82) is 0 Å². The first-order chi connectivity index (χ1) is 6.89. The number of carbonyl (C=O) groups excluding carboxylic acids is 1. The van der Waals surface area contributed by atoms with Crippen molar-refractivity contribution in [3.05, 3.63) is 0 Å². The van der Waals surface area contributed by atoms with Crippen LogP contribution in [-0.4, -0.2) is 24.5 Å². The summed E-state index contributed by atoms with van der Waals surface area (Å²) in [5, 5.41) is 6.37. The monoisotopic (exact) mass is 212 g/mol. The number of nitrogens with one attached hydrogen (secondary N) is 2. The van der Waals surface area contributed by atoms with Gasteiger partial charge in [-0.15, -0.1) is 0 Å². The lowest BCUT2D eigenvalue weighted by molar-refractivity contribution is -0.121. The average Bonchev–Trinajstić information content (AvgIpc) is 2.86. The van der Waals surface area contributed by atoms with E-state index in [4.69, 9.17) is 0 Å². The lowest BCUT2D eigenvalue weighted by atomic mass is 9.88. The molecular weight excluding hydrogens is 188 g/mol. The van der Waals surface area contributed by atoms with E-state index in [2.05, 4.69) is 38.3 Å². The summed E-state index contributed by atoms with van der Waals surface area (Å²) in [6, 6.07) is 0.920. The second kappa shape index (κ2) is 4.97. The molecule has 1 atom stereocenters. The van der Waals surface area contributed by atoms with Crippen molar-refractivity contribution < 1.29 is 4.79 Å². The van der Waals surface area contributed by atoms with E-state index in [1.165, 1.54) is 0 Å². The van der Waals surface area contributed by atoms with Gasteiger partial charge in [0.25, 0.3) is 0 Å². The highest BCUT2D eigenvalue weighted by Crippen LogP contribution is 2.19. The van der Waals surface area contributed by atoms with Gasteiger partial charge >= 0.3 is 0 Å². The number of hydrogen-bond acceptors (Lipinski definition) is 2. The fourth-order valence-corrected chi connectivity index (χ4v) is 1.24. The highest BCUT2D eigenvalue weighted by atomic mass is 16.1. The Bertz CT molecular complexity index is 216. The summed E-state index contributed by atoms with van der Waals surface area (Å²) < 4.78 is 0. The van der Waals surface area contributed by atoms with Crippen LogP contribution in [-0.2, 0) is 4.79 Å². The number of amides is 1. The summed E-state index contributed by atoms with van der Waals surface area (Å²) in [5.41, 5.74) is 0.257. The average molecular weight is 212 g/mol. The fourth-order valence-electron chi connectivity index (χ4n) is 1.24. The molecule has 1 aliphatic rings. The molecule has 0 aliphatic heterocycles. The Morgan fingerprint density at radius 1 is 1.40 bits per heavy atom. The minimum absolute atomic E-state index is 0.186. The normalized spacial score (nSPS) is 18.7. The Kier molecular flexibility index (Phi) is 4.14. The van der Waals surface area contributed by atoms with Gasteiger partial charge in [0.05, 0.1) is 0 Å². The third kappa shape index (κ3) is 5.17. The Hall–Kier alpha value is -0.570. The quantitative estimate of drug-likeness (QED) is 0.728. The maximum Gasteiger partial charge on any atom is 0.221 e. The molecule has 0 radical (unpaired) electrons. The third-order valence-electron chi connectivity index (χ3n) is 3.04. The molecule has 15 heavy (non-hydrogen) atoms. The molecule has 88 valence electrons. The molecule has 0 aromatic rings. The SMILES string of the molecule is CC(NCCC(=O)NC1CC1)C(C)(C)C. The van der Waals surface area contributed by atoms with Crippen LogP contribution in [0.4, 0.5) is 0 Å². The van der Waals surface area contributed by atoms with E-state index in [-0.39, 0.29) is 11.3 Å². The van der Waals surface area contributed by atoms with Gasteiger partial charge in [-0.05, 0) is 25.2 Å². The minimum atomic E-state index is 0.186. The van der Waals surface area contributed by atoms with E-state index < -0.39 is 0 Å². The molecule has 0 bridgehead atoms. The topological polar surface area (TPSA) is 41.1 Å². The van der Waals surface area contributed by atoms with Gasteiger partial charge in [-0.1, -0.05) is 20.8 Å². The molecule has 0 aromatic carbocycles. The molecule has 3 nitrogen and oxygen atoms in total. The van der Waals surface area contributed by atoms with Crippen LogP contribution in [0.2, 0.25) is 0 Å². The Balaban J connectivity index is 2.06. The van der Waals surface area contributed by atoms with E-state index in [0.29, 0.717) is 18.5 Å². The molecular formula is C12H24N2O. The summed E-state index contributed by atoms with van der Waals surface area (Å²) >= 11 is 0. The van der Waals surface area contributed by atoms with Gasteiger partial charge in [-0.25, -0.2) is 0 Å². The van der Waals surface area contributed by atoms with Gasteiger partial charge < -0.3 is 10.6 Å². The minimum Gasteiger partial charge on any atom is -0.353 e. The van der Waals surface area contributed by atoms with Gasteiger partial charge in [0.15, 0.2) is 0 Å². The Morgan fingerprint density at radius 2 is 2.00 bits per heavy atom. The molecule has 0 saturated heterocycles. The first-order valence-corrected chi connectivity index (χ1v) is 5.92. The summed E-state index contributed by atoms with van der Waals surface area (Å²) in [4.78, 5) is 11.4. The highest BCUT2D eigenvalue weighted by molar-refractivity contribution is 5.76. The second-order valence-electron chi connectivity index (χ2n) is 5.63. The van der Waals surface area contributed by atoms with Crippen LogP contribution in [0, 0.1) is 5.41 Å². The molecule has 1 saturated carbocycles. The van der Waals surface area contributed by atoms with Gasteiger partial charge in [-0.2, -0.15) is 0 Å². The lowest BCUT2D eigenvalue weighted by Gasteiger charge is -2.28. The van der Waals surface area contributed by atoms with E-state index in [9.17, 15) is 4.79 Å². The standard InChI is InChI=1S/C12H24N2O/c1-9(12(2,3)4)13-8-7-11(15)14-10-5-6-10/h9-10,13H,5-8H2,1-4H3,(H,14,15). The molecule has 1 rings (SSSR count). The Morgan fingerprint density at radius 3 is 2.47 bits per heavy atom. The van der Waals surface area contributed by atoms with Crippen LogP contribution in [0.15, 0.2) is 0 Å². The number of rotatable bonds is 5. The highest BCUT2D eigenvalue weighted by Gasteiger charge is 2.23. The zero-order valence-electron chi connectivity index (χ0n) is 10.4. The van der Waals surface area contributed by atoms with Gasteiger partial charge in [0.1, 0.15) is 0 Å².